The second kappa shape index (κ2) is 5.90. The summed E-state index contributed by atoms with van der Waals surface area (Å²) in [5.74, 6) is -1.48. The quantitative estimate of drug-likeness (QED) is 0.851. The van der Waals surface area contributed by atoms with Crippen molar-refractivity contribution in [2.75, 3.05) is 11.9 Å². The Morgan fingerprint density at radius 2 is 2.10 bits per heavy atom. The van der Waals surface area contributed by atoms with E-state index in [2.05, 4.69) is 4.98 Å². The number of anilines is 1. The fourth-order valence-corrected chi connectivity index (χ4v) is 3.65. The fourth-order valence-electron chi connectivity index (χ4n) is 1.59. The van der Waals surface area contributed by atoms with Gasteiger partial charge in [0, 0.05) is 18.8 Å². The second-order valence-corrected chi connectivity index (χ2v) is 6.87. The van der Waals surface area contributed by atoms with Crippen molar-refractivity contribution < 1.29 is 14.7 Å². The third-order valence-electron chi connectivity index (χ3n) is 2.49. The van der Waals surface area contributed by atoms with Crippen molar-refractivity contribution in [3.63, 3.8) is 0 Å². The molecule has 0 aromatic carbocycles. The van der Waals surface area contributed by atoms with Crippen LogP contribution in [0.5, 0.6) is 0 Å². The molecule has 106 valence electrons. The van der Waals surface area contributed by atoms with Crippen LogP contribution in [0.2, 0.25) is 4.34 Å². The van der Waals surface area contributed by atoms with Crippen molar-refractivity contribution in [3.8, 4) is 0 Å². The summed E-state index contributed by atoms with van der Waals surface area (Å²) in [4.78, 5) is 29.6. The first-order chi connectivity index (χ1) is 9.38. The largest absolute Gasteiger partial charge is 0.476 e. The maximum absolute atomic E-state index is 11.4. The molecule has 0 saturated carbocycles. The van der Waals surface area contributed by atoms with E-state index in [9.17, 15) is 9.59 Å². The number of carbonyl (C=O) groups excluding carboxylic acids is 1. The van der Waals surface area contributed by atoms with Crippen molar-refractivity contribution in [3.05, 3.63) is 31.9 Å². The van der Waals surface area contributed by atoms with Gasteiger partial charge in [0.25, 0.3) is 0 Å². The minimum absolute atomic E-state index is 0.170. The normalized spacial score (nSPS) is 10.6. The van der Waals surface area contributed by atoms with Crippen LogP contribution in [-0.4, -0.2) is 28.9 Å². The van der Waals surface area contributed by atoms with Crippen LogP contribution < -0.4 is 4.90 Å². The van der Waals surface area contributed by atoms with Crippen LogP contribution in [0.15, 0.2) is 12.1 Å². The van der Waals surface area contributed by atoms with Gasteiger partial charge in [0.15, 0.2) is 16.6 Å². The van der Waals surface area contributed by atoms with Gasteiger partial charge in [0.1, 0.15) is 4.88 Å². The summed E-state index contributed by atoms with van der Waals surface area (Å²) in [6.45, 7) is 1.89. The van der Waals surface area contributed by atoms with Gasteiger partial charge in [-0.05, 0) is 12.1 Å². The molecule has 8 heteroatoms. The number of aromatic nitrogens is 1. The van der Waals surface area contributed by atoms with Crippen molar-refractivity contribution >= 4 is 51.2 Å². The Morgan fingerprint density at radius 3 is 2.55 bits per heavy atom. The molecule has 0 aliphatic rings. The number of thiazole rings is 1. The Labute approximate surface area is 128 Å². The van der Waals surface area contributed by atoms with Crippen molar-refractivity contribution in [2.24, 2.45) is 0 Å². The van der Waals surface area contributed by atoms with Gasteiger partial charge < -0.3 is 10.0 Å². The summed E-state index contributed by atoms with van der Waals surface area (Å²) in [7, 11) is 1.79. The molecular formula is C12H11ClN2O3S2. The van der Waals surface area contributed by atoms with Gasteiger partial charge in [-0.2, -0.15) is 0 Å². The van der Waals surface area contributed by atoms with E-state index in [0.29, 0.717) is 16.0 Å². The molecule has 0 saturated heterocycles. The molecule has 0 atom stereocenters. The molecule has 0 aliphatic carbocycles. The van der Waals surface area contributed by atoms with Crippen LogP contribution in [0.25, 0.3) is 0 Å². The fraction of sp³-hybridized carbons (Fsp3) is 0.250. The molecule has 0 bridgehead atoms. The lowest BCUT2D eigenvalue weighted by Crippen LogP contribution is -2.15. The zero-order valence-electron chi connectivity index (χ0n) is 10.7. The van der Waals surface area contributed by atoms with Gasteiger partial charge in [-0.25, -0.2) is 9.78 Å². The third kappa shape index (κ3) is 3.17. The third-order valence-corrected chi connectivity index (χ3v) is 4.97. The summed E-state index contributed by atoms with van der Waals surface area (Å²) in [5, 5.41) is 9.56. The van der Waals surface area contributed by atoms with Crippen LogP contribution >= 0.6 is 34.3 Å². The summed E-state index contributed by atoms with van der Waals surface area (Å²) in [6, 6.07) is 3.71. The molecule has 0 fully saturated rings. The first kappa shape index (κ1) is 15.0. The average Bonchev–Trinajstić information content (AvgIpc) is 2.95. The zero-order chi connectivity index (χ0) is 14.9. The van der Waals surface area contributed by atoms with E-state index >= 15 is 0 Å². The highest BCUT2D eigenvalue weighted by atomic mass is 35.5. The monoisotopic (exact) mass is 330 g/mol. The Hall–Kier alpha value is -1.44. The predicted octanol–water partition coefficient (Wildman–Crippen LogP) is 3.40. The summed E-state index contributed by atoms with van der Waals surface area (Å²) >= 11 is 8.40. The Morgan fingerprint density at radius 1 is 1.40 bits per heavy atom. The highest BCUT2D eigenvalue weighted by molar-refractivity contribution is 7.18. The number of carbonyl (C=O) groups is 2. The van der Waals surface area contributed by atoms with Crippen LogP contribution in [0.4, 0.5) is 5.13 Å². The lowest BCUT2D eigenvalue weighted by atomic mass is 10.3. The maximum Gasteiger partial charge on any atom is 0.356 e. The predicted molar refractivity (Wildman–Crippen MR) is 80.5 cm³/mol. The molecule has 2 aromatic rings. The summed E-state index contributed by atoms with van der Waals surface area (Å²) in [6.07, 6.45) is 0. The molecule has 0 radical (unpaired) electrons. The molecule has 5 nitrogen and oxygen atoms in total. The van der Waals surface area contributed by atoms with Crippen LogP contribution in [0, 0.1) is 0 Å². The molecule has 20 heavy (non-hydrogen) atoms. The first-order valence-corrected chi connectivity index (χ1v) is 7.60. The molecule has 0 amide bonds. The number of rotatable bonds is 5. The summed E-state index contributed by atoms with van der Waals surface area (Å²) in [5.41, 5.74) is -0.187. The van der Waals surface area contributed by atoms with E-state index in [-0.39, 0.29) is 16.4 Å². The van der Waals surface area contributed by atoms with E-state index in [1.807, 2.05) is 6.07 Å². The Bertz CT molecular complexity index is 634. The van der Waals surface area contributed by atoms with E-state index in [1.54, 1.807) is 18.0 Å². The first-order valence-electron chi connectivity index (χ1n) is 5.59. The van der Waals surface area contributed by atoms with Crippen molar-refractivity contribution in [1.29, 1.82) is 0 Å². The highest BCUT2D eigenvalue weighted by Gasteiger charge is 2.22. The molecule has 2 aromatic heterocycles. The van der Waals surface area contributed by atoms with Gasteiger partial charge in [-0.15, -0.1) is 11.3 Å². The minimum Gasteiger partial charge on any atom is -0.476 e. The van der Waals surface area contributed by atoms with Crippen molar-refractivity contribution in [2.45, 2.75) is 13.5 Å². The maximum atomic E-state index is 11.4. The standard InChI is InChI=1S/C12H11ClN2O3S2/c1-6(16)10-9(11(17)18)14-12(20-10)15(2)5-7-3-4-8(13)19-7/h3-4H,5H2,1-2H3,(H,17,18). The molecule has 0 unspecified atom stereocenters. The van der Waals surface area contributed by atoms with Crippen LogP contribution in [0.3, 0.4) is 0 Å². The smallest absolute Gasteiger partial charge is 0.356 e. The SMILES string of the molecule is CC(=O)c1sc(N(C)Cc2ccc(Cl)s2)nc1C(=O)O. The highest BCUT2D eigenvalue weighted by Crippen LogP contribution is 2.29. The van der Waals surface area contributed by atoms with Gasteiger partial charge in [0.2, 0.25) is 0 Å². The number of thiophene rings is 1. The van der Waals surface area contributed by atoms with Gasteiger partial charge in [-0.1, -0.05) is 22.9 Å². The Balaban J connectivity index is 2.26. The van der Waals surface area contributed by atoms with Crippen molar-refractivity contribution in [1.82, 2.24) is 4.98 Å². The second-order valence-electron chi connectivity index (χ2n) is 4.10. The number of hydrogen-bond acceptors (Lipinski definition) is 6. The molecule has 2 heterocycles. The molecule has 1 N–H and O–H groups in total. The molecular weight excluding hydrogens is 320 g/mol. The number of ketones is 1. The lowest BCUT2D eigenvalue weighted by molar-refractivity contribution is 0.0687. The van der Waals surface area contributed by atoms with E-state index in [0.717, 1.165) is 16.2 Å². The number of carboxylic acids is 1. The topological polar surface area (TPSA) is 70.5 Å². The van der Waals surface area contributed by atoms with E-state index in [1.165, 1.54) is 18.3 Å². The van der Waals surface area contributed by atoms with Gasteiger partial charge >= 0.3 is 5.97 Å². The molecule has 0 spiro atoms. The van der Waals surface area contributed by atoms with E-state index in [4.69, 9.17) is 16.7 Å². The number of halogens is 1. The van der Waals surface area contributed by atoms with Crippen LogP contribution in [-0.2, 0) is 6.54 Å². The number of hydrogen-bond donors (Lipinski definition) is 1. The average molecular weight is 331 g/mol. The molecule has 2 rings (SSSR count). The number of Topliss-reactive ketones (excluding diaryl/α,β-unsaturated/α-hetero) is 1. The zero-order valence-corrected chi connectivity index (χ0v) is 13.1. The summed E-state index contributed by atoms with van der Waals surface area (Å²) < 4.78 is 0.697. The van der Waals surface area contributed by atoms with Gasteiger partial charge in [0.05, 0.1) is 10.9 Å². The number of aromatic carboxylic acids is 1. The Kier molecular flexibility index (Phi) is 4.42. The van der Waals surface area contributed by atoms with Gasteiger partial charge in [-0.3, -0.25) is 4.79 Å². The minimum atomic E-state index is -1.19. The van der Waals surface area contributed by atoms with E-state index < -0.39 is 5.97 Å². The lowest BCUT2D eigenvalue weighted by Gasteiger charge is -2.13. The number of carboxylic acid groups (broad SMARTS) is 1. The van der Waals surface area contributed by atoms with Crippen LogP contribution in [0.1, 0.15) is 32.0 Å². The molecule has 0 aliphatic heterocycles. The number of nitrogens with zero attached hydrogens (tertiary/aromatic N) is 2.